The average molecular weight is 324 g/mol. The highest BCUT2D eigenvalue weighted by molar-refractivity contribution is 9.11. The van der Waals surface area contributed by atoms with E-state index in [-0.39, 0.29) is 12.4 Å². The summed E-state index contributed by atoms with van der Waals surface area (Å²) in [6, 6.07) is 2.25. The zero-order chi connectivity index (χ0) is 10.3. The van der Waals surface area contributed by atoms with Gasteiger partial charge in [-0.3, -0.25) is 4.90 Å². The molecule has 90 valence electrons. The van der Waals surface area contributed by atoms with Gasteiger partial charge in [0.05, 0.1) is 3.79 Å². The molecule has 0 amide bonds. The van der Waals surface area contributed by atoms with Crippen molar-refractivity contribution < 1.29 is 0 Å². The number of rotatable bonds is 2. The Labute approximate surface area is 115 Å². The normalized spacial score (nSPS) is 29.1. The first kappa shape index (κ1) is 12.8. The van der Waals surface area contributed by atoms with Gasteiger partial charge in [-0.2, -0.15) is 0 Å². The highest BCUT2D eigenvalue weighted by Crippen LogP contribution is 2.29. The number of fused-ring (bicyclic) bond motifs is 1. The van der Waals surface area contributed by atoms with Crippen molar-refractivity contribution in [3.05, 3.63) is 20.8 Å². The Hall–Kier alpha value is 0.390. The molecule has 1 N–H and O–H groups in total. The van der Waals surface area contributed by atoms with E-state index in [4.69, 9.17) is 0 Å². The van der Waals surface area contributed by atoms with Crippen molar-refractivity contribution in [2.24, 2.45) is 11.8 Å². The zero-order valence-corrected chi connectivity index (χ0v) is 12.2. The molecular formula is C11H16BrClN2S. The van der Waals surface area contributed by atoms with Gasteiger partial charge in [-0.1, -0.05) is 0 Å². The van der Waals surface area contributed by atoms with Gasteiger partial charge in [0.25, 0.3) is 0 Å². The van der Waals surface area contributed by atoms with Crippen molar-refractivity contribution in [2.45, 2.75) is 6.54 Å². The number of likely N-dealkylation sites (tertiary alicyclic amines) is 1. The van der Waals surface area contributed by atoms with E-state index in [9.17, 15) is 0 Å². The second-order valence-corrected chi connectivity index (χ2v) is 6.92. The molecule has 0 spiro atoms. The third-order valence-electron chi connectivity index (χ3n) is 3.49. The van der Waals surface area contributed by atoms with Crippen molar-refractivity contribution in [3.8, 4) is 0 Å². The lowest BCUT2D eigenvalue weighted by atomic mass is 10.0. The summed E-state index contributed by atoms with van der Waals surface area (Å²) < 4.78 is 1.25. The van der Waals surface area contributed by atoms with E-state index >= 15 is 0 Å². The van der Waals surface area contributed by atoms with Crippen LogP contribution in [-0.4, -0.2) is 31.1 Å². The third kappa shape index (κ3) is 2.62. The minimum absolute atomic E-state index is 0. The second kappa shape index (κ2) is 5.36. The van der Waals surface area contributed by atoms with Gasteiger partial charge in [0.1, 0.15) is 0 Å². The van der Waals surface area contributed by atoms with Crippen LogP contribution in [0.5, 0.6) is 0 Å². The van der Waals surface area contributed by atoms with Crippen LogP contribution in [-0.2, 0) is 6.54 Å². The molecule has 3 heterocycles. The summed E-state index contributed by atoms with van der Waals surface area (Å²) in [5.74, 6) is 1.82. The summed E-state index contributed by atoms with van der Waals surface area (Å²) in [4.78, 5) is 2.60. The van der Waals surface area contributed by atoms with Crippen LogP contribution in [0.15, 0.2) is 15.2 Å². The molecule has 2 atom stereocenters. The van der Waals surface area contributed by atoms with Crippen LogP contribution in [0.3, 0.4) is 0 Å². The lowest BCUT2D eigenvalue weighted by Gasteiger charge is -2.15. The molecule has 2 aliphatic rings. The van der Waals surface area contributed by atoms with E-state index < -0.39 is 0 Å². The lowest BCUT2D eigenvalue weighted by molar-refractivity contribution is 0.306. The Morgan fingerprint density at radius 3 is 2.62 bits per heavy atom. The summed E-state index contributed by atoms with van der Waals surface area (Å²) >= 11 is 5.31. The monoisotopic (exact) mass is 322 g/mol. The number of nitrogens with one attached hydrogen (secondary N) is 1. The Morgan fingerprint density at radius 2 is 2.06 bits per heavy atom. The fraction of sp³-hybridized carbons (Fsp3) is 0.636. The molecule has 0 bridgehead atoms. The van der Waals surface area contributed by atoms with Gasteiger partial charge in [-0.15, -0.1) is 23.7 Å². The van der Waals surface area contributed by atoms with Crippen LogP contribution >= 0.6 is 39.7 Å². The molecule has 2 aliphatic heterocycles. The SMILES string of the molecule is Brc1cc(CN2C[C@H]3CNC[C@H]3C2)cs1.Cl. The predicted molar refractivity (Wildman–Crippen MR) is 74.4 cm³/mol. The first-order valence-corrected chi connectivity index (χ1v) is 7.14. The largest absolute Gasteiger partial charge is 0.316 e. The molecule has 3 rings (SSSR count). The molecular weight excluding hydrogens is 308 g/mol. The van der Waals surface area contributed by atoms with Gasteiger partial charge >= 0.3 is 0 Å². The minimum atomic E-state index is 0. The first-order chi connectivity index (χ1) is 7.31. The van der Waals surface area contributed by atoms with Crippen molar-refractivity contribution >= 4 is 39.7 Å². The van der Waals surface area contributed by atoms with Crippen LogP contribution in [0.2, 0.25) is 0 Å². The molecule has 0 aromatic carbocycles. The molecule has 2 saturated heterocycles. The standard InChI is InChI=1S/C11H15BrN2S.ClH/c12-11-1-8(7-15-11)4-14-5-9-2-13-3-10(9)6-14;/h1,7,9-10,13H,2-6H2;1H/t9-,10+;. The topological polar surface area (TPSA) is 15.3 Å². The lowest BCUT2D eigenvalue weighted by Crippen LogP contribution is -2.25. The fourth-order valence-corrected chi connectivity index (χ4v) is 3.97. The van der Waals surface area contributed by atoms with Gasteiger partial charge in [-0.05, 0) is 57.9 Å². The summed E-state index contributed by atoms with van der Waals surface area (Å²) in [5.41, 5.74) is 1.46. The molecule has 1 aromatic heterocycles. The quantitative estimate of drug-likeness (QED) is 0.900. The molecule has 5 heteroatoms. The molecule has 16 heavy (non-hydrogen) atoms. The van der Waals surface area contributed by atoms with E-state index in [1.165, 1.54) is 35.5 Å². The molecule has 2 fully saturated rings. The van der Waals surface area contributed by atoms with Gasteiger partial charge < -0.3 is 5.32 Å². The number of thiophene rings is 1. The second-order valence-electron chi connectivity index (χ2n) is 4.63. The highest BCUT2D eigenvalue weighted by Gasteiger charge is 2.35. The molecule has 0 radical (unpaired) electrons. The van der Waals surface area contributed by atoms with E-state index in [2.05, 4.69) is 37.6 Å². The van der Waals surface area contributed by atoms with E-state index in [1.54, 1.807) is 11.3 Å². The zero-order valence-electron chi connectivity index (χ0n) is 8.99. The minimum Gasteiger partial charge on any atom is -0.316 e. The number of hydrogen-bond acceptors (Lipinski definition) is 3. The van der Waals surface area contributed by atoms with Crippen molar-refractivity contribution in [1.29, 1.82) is 0 Å². The number of halogens is 2. The van der Waals surface area contributed by atoms with Crippen LogP contribution in [0.1, 0.15) is 5.56 Å². The van der Waals surface area contributed by atoms with Crippen LogP contribution in [0.4, 0.5) is 0 Å². The van der Waals surface area contributed by atoms with E-state index in [0.717, 1.165) is 18.4 Å². The third-order valence-corrected chi connectivity index (χ3v) is 5.05. The summed E-state index contributed by atoms with van der Waals surface area (Å²) in [5, 5.41) is 5.74. The Kier molecular flexibility index (Phi) is 4.30. The maximum Gasteiger partial charge on any atom is 0.0701 e. The Balaban J connectivity index is 0.000000963. The maximum absolute atomic E-state index is 3.52. The fourth-order valence-electron chi connectivity index (χ4n) is 2.77. The van der Waals surface area contributed by atoms with Crippen LogP contribution in [0.25, 0.3) is 0 Å². The van der Waals surface area contributed by atoms with Gasteiger partial charge in [-0.25, -0.2) is 0 Å². The number of nitrogens with zero attached hydrogens (tertiary/aromatic N) is 1. The van der Waals surface area contributed by atoms with E-state index in [1.807, 2.05) is 0 Å². The molecule has 1 aromatic rings. The van der Waals surface area contributed by atoms with Crippen molar-refractivity contribution in [1.82, 2.24) is 10.2 Å². The first-order valence-electron chi connectivity index (χ1n) is 5.47. The maximum atomic E-state index is 3.52. The molecule has 0 saturated carbocycles. The predicted octanol–water partition coefficient (Wildman–Crippen LogP) is 2.58. The van der Waals surface area contributed by atoms with Crippen LogP contribution in [0, 0.1) is 11.8 Å². The summed E-state index contributed by atoms with van der Waals surface area (Å²) in [7, 11) is 0. The van der Waals surface area contributed by atoms with Gasteiger partial charge in [0.2, 0.25) is 0 Å². The molecule has 0 aliphatic carbocycles. The van der Waals surface area contributed by atoms with Gasteiger partial charge in [0.15, 0.2) is 0 Å². The summed E-state index contributed by atoms with van der Waals surface area (Å²) in [6.07, 6.45) is 0. The average Bonchev–Trinajstić information content (AvgIpc) is 2.81. The Bertz CT molecular complexity index is 346. The number of hydrogen-bond donors (Lipinski definition) is 1. The smallest absolute Gasteiger partial charge is 0.0701 e. The van der Waals surface area contributed by atoms with Crippen LogP contribution < -0.4 is 5.32 Å². The highest BCUT2D eigenvalue weighted by atomic mass is 79.9. The molecule has 2 nitrogen and oxygen atoms in total. The van der Waals surface area contributed by atoms with Crippen molar-refractivity contribution in [2.75, 3.05) is 26.2 Å². The Morgan fingerprint density at radius 1 is 1.38 bits per heavy atom. The van der Waals surface area contributed by atoms with Crippen molar-refractivity contribution in [3.63, 3.8) is 0 Å². The summed E-state index contributed by atoms with van der Waals surface area (Å²) in [6.45, 7) is 6.16. The molecule has 0 unspecified atom stereocenters. The van der Waals surface area contributed by atoms with Gasteiger partial charge in [0, 0.05) is 19.6 Å². The van der Waals surface area contributed by atoms with E-state index in [0.29, 0.717) is 0 Å².